The van der Waals surface area contributed by atoms with Gasteiger partial charge in [-0.3, -0.25) is 4.79 Å². The van der Waals surface area contributed by atoms with Crippen molar-refractivity contribution in [2.75, 3.05) is 31.2 Å². The number of nitrogens with one attached hydrogen (secondary N) is 1. The summed E-state index contributed by atoms with van der Waals surface area (Å²) in [6, 6.07) is 4.32. The molecule has 2 saturated heterocycles. The minimum absolute atomic E-state index is 0.0240. The lowest BCUT2D eigenvalue weighted by Gasteiger charge is -2.41. The molecule has 3 heterocycles. The average molecular weight is 388 g/mol. The zero-order chi connectivity index (χ0) is 19.3. The van der Waals surface area contributed by atoms with Crippen LogP contribution in [0.5, 0.6) is 0 Å². The fraction of sp³-hybridized carbons (Fsp3) is 0.727. The molecule has 0 radical (unpaired) electrons. The van der Waals surface area contributed by atoms with Crippen molar-refractivity contribution in [1.82, 2.24) is 10.3 Å². The van der Waals surface area contributed by atoms with Crippen LogP contribution >= 0.6 is 0 Å². The Bertz CT molecular complexity index is 656. The minimum atomic E-state index is -0.0240. The van der Waals surface area contributed by atoms with Crippen LogP contribution in [-0.2, 0) is 14.3 Å². The molecule has 0 spiro atoms. The molecule has 1 aliphatic carbocycles. The predicted molar refractivity (Wildman–Crippen MR) is 108 cm³/mol. The molecule has 6 heteroatoms. The Balaban J connectivity index is 1.57. The van der Waals surface area contributed by atoms with Crippen molar-refractivity contribution in [2.24, 2.45) is 5.92 Å². The Morgan fingerprint density at radius 2 is 1.96 bits per heavy atom. The van der Waals surface area contributed by atoms with Gasteiger partial charge < -0.3 is 19.7 Å². The van der Waals surface area contributed by atoms with E-state index in [2.05, 4.69) is 16.3 Å². The molecular formula is C22H33N3O3. The smallest absolute Gasteiger partial charge is 0.217 e. The van der Waals surface area contributed by atoms with Crippen LogP contribution in [0, 0.1) is 5.92 Å². The lowest BCUT2D eigenvalue weighted by atomic mass is 9.80. The number of pyridine rings is 1. The molecule has 0 unspecified atom stereocenters. The van der Waals surface area contributed by atoms with E-state index in [4.69, 9.17) is 14.5 Å². The van der Waals surface area contributed by atoms with Crippen LogP contribution in [0.25, 0.3) is 0 Å². The van der Waals surface area contributed by atoms with Crippen LogP contribution < -0.4 is 10.2 Å². The quantitative estimate of drug-likeness (QED) is 0.859. The third kappa shape index (κ3) is 4.66. The zero-order valence-electron chi connectivity index (χ0n) is 16.9. The molecule has 154 valence electrons. The first kappa shape index (κ1) is 19.6. The maximum atomic E-state index is 11.8. The monoisotopic (exact) mass is 387 g/mol. The summed E-state index contributed by atoms with van der Waals surface area (Å²) in [5, 5.41) is 3.18. The molecule has 1 aromatic rings. The van der Waals surface area contributed by atoms with E-state index in [1.165, 1.54) is 32.1 Å². The van der Waals surface area contributed by atoms with Crippen molar-refractivity contribution >= 4 is 11.7 Å². The van der Waals surface area contributed by atoms with Crippen LogP contribution in [0.3, 0.4) is 0 Å². The molecule has 3 aliphatic rings. The second kappa shape index (κ2) is 9.23. The normalized spacial score (nSPS) is 29.5. The van der Waals surface area contributed by atoms with Gasteiger partial charge in [0.25, 0.3) is 0 Å². The first-order valence-electron chi connectivity index (χ1n) is 10.9. The fourth-order valence-electron chi connectivity index (χ4n) is 5.07. The average Bonchev–Trinajstić information content (AvgIpc) is 2.74. The third-order valence-electron chi connectivity index (χ3n) is 6.41. The Hall–Kier alpha value is -1.66. The molecule has 4 rings (SSSR count). The summed E-state index contributed by atoms with van der Waals surface area (Å²) in [6.45, 7) is 4.81. The number of carbonyl (C=O) groups is 1. The Kier molecular flexibility index (Phi) is 6.47. The molecule has 3 atom stereocenters. The van der Waals surface area contributed by atoms with Crippen LogP contribution in [0.4, 0.5) is 5.82 Å². The molecular weight excluding hydrogens is 354 g/mol. The molecule has 3 fully saturated rings. The van der Waals surface area contributed by atoms with Crippen molar-refractivity contribution in [3.05, 3.63) is 23.9 Å². The molecule has 6 nitrogen and oxygen atoms in total. The first-order valence-corrected chi connectivity index (χ1v) is 10.9. The maximum Gasteiger partial charge on any atom is 0.217 e. The van der Waals surface area contributed by atoms with Gasteiger partial charge in [-0.15, -0.1) is 0 Å². The molecule has 1 amide bonds. The standard InChI is InChI=1S/C22H33N3O3/c1-16(26)24-18-14-20(17-6-3-2-4-7-17)28-21(15-18)19-8-5-9-23-22(19)25-10-12-27-13-11-25/h5,8-9,17-18,20-21H,2-4,6-7,10-15H2,1H3,(H,24,26)/t18-,20-,21+/m1/s1. The number of aromatic nitrogens is 1. The van der Waals surface area contributed by atoms with Crippen LogP contribution in [0.2, 0.25) is 0 Å². The molecule has 28 heavy (non-hydrogen) atoms. The summed E-state index contributed by atoms with van der Waals surface area (Å²) in [7, 11) is 0. The molecule has 0 aromatic carbocycles. The topological polar surface area (TPSA) is 63.7 Å². The zero-order valence-corrected chi connectivity index (χ0v) is 16.9. The van der Waals surface area contributed by atoms with E-state index < -0.39 is 0 Å². The largest absolute Gasteiger partial charge is 0.378 e. The highest BCUT2D eigenvalue weighted by Crippen LogP contribution is 2.40. The Morgan fingerprint density at radius 1 is 1.18 bits per heavy atom. The number of hydrogen-bond donors (Lipinski definition) is 1. The SMILES string of the molecule is CC(=O)N[C@H]1C[C@@H](c2cccnc2N2CCOCC2)O[C@@H](C2CCCCC2)C1. The Labute approximate surface area is 168 Å². The number of amides is 1. The van der Waals surface area contributed by atoms with Gasteiger partial charge in [0, 0.05) is 37.8 Å². The van der Waals surface area contributed by atoms with Gasteiger partial charge in [0.05, 0.1) is 25.4 Å². The van der Waals surface area contributed by atoms with Gasteiger partial charge in [-0.25, -0.2) is 4.98 Å². The van der Waals surface area contributed by atoms with Crippen molar-refractivity contribution in [3.8, 4) is 0 Å². The van der Waals surface area contributed by atoms with Crippen LogP contribution in [0.15, 0.2) is 18.3 Å². The number of carbonyl (C=O) groups excluding carboxylic acids is 1. The van der Waals surface area contributed by atoms with E-state index in [-0.39, 0.29) is 24.2 Å². The third-order valence-corrected chi connectivity index (χ3v) is 6.41. The van der Waals surface area contributed by atoms with E-state index in [0.717, 1.165) is 50.5 Å². The molecule has 2 aliphatic heterocycles. The number of ether oxygens (including phenoxy) is 2. The summed E-state index contributed by atoms with van der Waals surface area (Å²) < 4.78 is 12.2. The van der Waals surface area contributed by atoms with Crippen molar-refractivity contribution in [1.29, 1.82) is 0 Å². The fourth-order valence-corrected chi connectivity index (χ4v) is 5.07. The van der Waals surface area contributed by atoms with E-state index >= 15 is 0 Å². The van der Waals surface area contributed by atoms with Crippen molar-refractivity contribution in [2.45, 2.75) is 70.1 Å². The second-order valence-corrected chi connectivity index (χ2v) is 8.45. The van der Waals surface area contributed by atoms with Gasteiger partial charge in [-0.05, 0) is 37.7 Å². The van der Waals surface area contributed by atoms with Crippen LogP contribution in [0.1, 0.15) is 63.5 Å². The van der Waals surface area contributed by atoms with E-state index in [0.29, 0.717) is 5.92 Å². The molecule has 1 aromatic heterocycles. The first-order chi connectivity index (χ1) is 13.7. The summed E-state index contributed by atoms with van der Waals surface area (Å²) in [5.41, 5.74) is 1.15. The second-order valence-electron chi connectivity index (χ2n) is 8.45. The molecule has 1 N–H and O–H groups in total. The number of morpholine rings is 1. The van der Waals surface area contributed by atoms with Gasteiger partial charge in [0.1, 0.15) is 5.82 Å². The highest BCUT2D eigenvalue weighted by Gasteiger charge is 2.37. The van der Waals surface area contributed by atoms with Gasteiger partial charge in [0.15, 0.2) is 0 Å². The van der Waals surface area contributed by atoms with Gasteiger partial charge in [-0.2, -0.15) is 0 Å². The summed E-state index contributed by atoms with van der Waals surface area (Å²) in [6.07, 6.45) is 10.2. The number of hydrogen-bond acceptors (Lipinski definition) is 5. The van der Waals surface area contributed by atoms with Crippen LogP contribution in [-0.4, -0.2) is 49.3 Å². The summed E-state index contributed by atoms with van der Waals surface area (Å²) >= 11 is 0. The minimum Gasteiger partial charge on any atom is -0.378 e. The predicted octanol–water partition coefficient (Wildman–Crippen LogP) is 3.22. The van der Waals surface area contributed by atoms with E-state index in [1.807, 2.05) is 12.3 Å². The van der Waals surface area contributed by atoms with Gasteiger partial charge in [0.2, 0.25) is 5.91 Å². The molecule has 1 saturated carbocycles. The number of anilines is 1. The highest BCUT2D eigenvalue weighted by atomic mass is 16.5. The van der Waals surface area contributed by atoms with Gasteiger partial charge >= 0.3 is 0 Å². The lowest BCUT2D eigenvalue weighted by Crippen LogP contribution is -2.45. The van der Waals surface area contributed by atoms with E-state index in [1.54, 1.807) is 6.92 Å². The van der Waals surface area contributed by atoms with Crippen molar-refractivity contribution < 1.29 is 14.3 Å². The number of nitrogens with zero attached hydrogens (tertiary/aromatic N) is 2. The highest BCUT2D eigenvalue weighted by molar-refractivity contribution is 5.73. The maximum absolute atomic E-state index is 11.8. The summed E-state index contributed by atoms with van der Waals surface area (Å²) in [5.74, 6) is 1.67. The molecule has 0 bridgehead atoms. The van der Waals surface area contributed by atoms with E-state index in [9.17, 15) is 4.79 Å². The van der Waals surface area contributed by atoms with Crippen molar-refractivity contribution in [3.63, 3.8) is 0 Å². The van der Waals surface area contributed by atoms with Gasteiger partial charge in [-0.1, -0.05) is 25.3 Å². The lowest BCUT2D eigenvalue weighted by molar-refractivity contribution is -0.124. The summed E-state index contributed by atoms with van der Waals surface area (Å²) in [4.78, 5) is 18.8. The number of rotatable bonds is 4. The Morgan fingerprint density at radius 3 is 2.71 bits per heavy atom.